The molecule has 4 rings (SSSR count). The quantitative estimate of drug-likeness (QED) is 0.733. The molecule has 5 atom stereocenters. The van der Waals surface area contributed by atoms with Gasteiger partial charge in [-0.3, -0.25) is 0 Å². The molecule has 0 unspecified atom stereocenters. The molecule has 3 aliphatic rings. The van der Waals surface area contributed by atoms with E-state index in [-0.39, 0.29) is 24.1 Å². The zero-order chi connectivity index (χ0) is 16.2. The van der Waals surface area contributed by atoms with Crippen LogP contribution in [0.3, 0.4) is 0 Å². The molecule has 0 aliphatic heterocycles. The van der Waals surface area contributed by atoms with E-state index in [1.807, 2.05) is 6.07 Å². The molecule has 0 radical (unpaired) electrons. The first-order valence-corrected chi connectivity index (χ1v) is 8.82. The van der Waals surface area contributed by atoms with E-state index in [2.05, 4.69) is 6.92 Å². The second kappa shape index (κ2) is 5.38. The van der Waals surface area contributed by atoms with Crippen LogP contribution in [0.25, 0.3) is 0 Å². The molecule has 2 fully saturated rings. The molecule has 4 heteroatoms. The summed E-state index contributed by atoms with van der Waals surface area (Å²) >= 11 is 0. The van der Waals surface area contributed by atoms with Crippen LogP contribution >= 0.6 is 0 Å². The van der Waals surface area contributed by atoms with Gasteiger partial charge in [0.15, 0.2) is 6.79 Å². The maximum Gasteiger partial charge on any atom is 0.186 e. The first-order valence-electron chi connectivity index (χ1n) is 8.82. The molecular weight excluding hydrogens is 292 g/mol. The van der Waals surface area contributed by atoms with Crippen LogP contribution in [0.15, 0.2) is 12.1 Å². The Morgan fingerprint density at radius 2 is 2.04 bits per heavy atom. The third-order valence-electron chi connectivity index (χ3n) is 6.94. The van der Waals surface area contributed by atoms with Gasteiger partial charge >= 0.3 is 0 Å². The Kier molecular flexibility index (Phi) is 3.58. The van der Waals surface area contributed by atoms with Crippen LogP contribution in [-0.4, -0.2) is 28.2 Å². The van der Waals surface area contributed by atoms with Crippen LogP contribution in [-0.2, 0) is 6.42 Å². The Balaban J connectivity index is 1.74. The lowest BCUT2D eigenvalue weighted by molar-refractivity contribution is -0.0233. The first kappa shape index (κ1) is 15.3. The maximum absolute atomic E-state index is 10.5. The number of phenolic OH excluding ortho intramolecular Hbond substituents is 1. The van der Waals surface area contributed by atoms with Crippen molar-refractivity contribution in [3.05, 3.63) is 23.3 Å². The molecule has 3 aliphatic carbocycles. The fourth-order valence-electron chi connectivity index (χ4n) is 5.83. The minimum Gasteiger partial charge on any atom is -0.508 e. The van der Waals surface area contributed by atoms with Gasteiger partial charge in [0.1, 0.15) is 11.5 Å². The van der Waals surface area contributed by atoms with Gasteiger partial charge in [0.25, 0.3) is 0 Å². The fraction of sp³-hybridized carbons (Fsp3) is 0.684. The Labute approximate surface area is 137 Å². The normalized spacial score (nSPS) is 38.6. The number of ether oxygens (including phenoxy) is 1. The molecule has 0 bridgehead atoms. The average molecular weight is 318 g/mol. The summed E-state index contributed by atoms with van der Waals surface area (Å²) in [6.45, 7) is 1.90. The molecule has 23 heavy (non-hydrogen) atoms. The summed E-state index contributed by atoms with van der Waals surface area (Å²) in [5, 5.41) is 29.6. The monoisotopic (exact) mass is 318 g/mol. The Bertz CT molecular complexity index is 614. The van der Waals surface area contributed by atoms with Crippen molar-refractivity contribution in [1.29, 1.82) is 0 Å². The first-order chi connectivity index (χ1) is 11.0. The van der Waals surface area contributed by atoms with E-state index in [1.165, 1.54) is 5.56 Å². The summed E-state index contributed by atoms with van der Waals surface area (Å²) < 4.78 is 5.44. The predicted octanol–water partition coefficient (Wildman–Crippen LogP) is 2.94. The van der Waals surface area contributed by atoms with Crippen molar-refractivity contribution in [2.75, 3.05) is 6.79 Å². The lowest BCUT2D eigenvalue weighted by Gasteiger charge is -2.50. The third-order valence-corrected chi connectivity index (χ3v) is 6.94. The van der Waals surface area contributed by atoms with Gasteiger partial charge in [-0.25, -0.2) is 0 Å². The predicted molar refractivity (Wildman–Crippen MR) is 86.4 cm³/mol. The van der Waals surface area contributed by atoms with Gasteiger partial charge in [0, 0.05) is 11.6 Å². The number of hydrogen-bond acceptors (Lipinski definition) is 4. The Hall–Kier alpha value is -1.26. The number of fused-ring (bicyclic) bond motifs is 5. The molecule has 0 spiro atoms. The number of rotatable bonds is 2. The highest BCUT2D eigenvalue weighted by molar-refractivity contribution is 5.50. The summed E-state index contributed by atoms with van der Waals surface area (Å²) in [6.07, 6.45) is 6.02. The fourth-order valence-corrected chi connectivity index (χ4v) is 5.83. The summed E-state index contributed by atoms with van der Waals surface area (Å²) in [5.41, 5.74) is 2.42. The lowest BCUT2D eigenvalue weighted by Crippen LogP contribution is -2.44. The van der Waals surface area contributed by atoms with Gasteiger partial charge in [0.2, 0.25) is 0 Å². The molecule has 1 aromatic rings. The minimum absolute atomic E-state index is 0.0631. The van der Waals surface area contributed by atoms with E-state index in [0.717, 1.165) is 44.1 Å². The van der Waals surface area contributed by atoms with Crippen LogP contribution < -0.4 is 4.74 Å². The standard InChI is InChI=1S/C19H26O4/c1-19-7-6-14-13(15(19)4-5-17(19)22)3-2-11-8-12(21)9-16(18(11)14)23-10-20/h8-9,13-15,17,20-22H,2-7,10H2,1H3/t13-,14+,15+,17-,19+/m1/s1. The zero-order valence-corrected chi connectivity index (χ0v) is 13.7. The van der Waals surface area contributed by atoms with E-state index in [0.29, 0.717) is 23.5 Å². The Morgan fingerprint density at radius 1 is 1.22 bits per heavy atom. The molecule has 1 aromatic carbocycles. The minimum atomic E-state index is -0.368. The molecular formula is C19H26O4. The number of phenols is 1. The van der Waals surface area contributed by atoms with Gasteiger partial charge in [-0.1, -0.05) is 6.92 Å². The molecule has 0 saturated heterocycles. The molecule has 0 aromatic heterocycles. The van der Waals surface area contributed by atoms with Crippen molar-refractivity contribution < 1.29 is 20.1 Å². The van der Waals surface area contributed by atoms with Crippen LogP contribution in [0.1, 0.15) is 56.1 Å². The summed E-state index contributed by atoms with van der Waals surface area (Å²) in [5.74, 6) is 2.41. The second-order valence-electron chi connectivity index (χ2n) is 7.84. The molecule has 4 nitrogen and oxygen atoms in total. The van der Waals surface area contributed by atoms with Crippen LogP contribution in [0.2, 0.25) is 0 Å². The van der Waals surface area contributed by atoms with Gasteiger partial charge in [0.05, 0.1) is 6.10 Å². The molecule has 2 saturated carbocycles. The third kappa shape index (κ3) is 2.18. The van der Waals surface area contributed by atoms with Crippen molar-refractivity contribution in [1.82, 2.24) is 0 Å². The van der Waals surface area contributed by atoms with E-state index in [1.54, 1.807) is 6.07 Å². The lowest BCUT2D eigenvalue weighted by atomic mass is 9.55. The SMILES string of the molecule is C[C@]12CC[C@@H]3c4c(cc(O)cc4OCO)CC[C@H]3[C@@H]1CC[C@H]2O. The van der Waals surface area contributed by atoms with Crippen molar-refractivity contribution in [3.63, 3.8) is 0 Å². The van der Waals surface area contributed by atoms with Crippen molar-refractivity contribution >= 4 is 0 Å². The largest absolute Gasteiger partial charge is 0.508 e. The van der Waals surface area contributed by atoms with Crippen LogP contribution in [0.5, 0.6) is 11.5 Å². The van der Waals surface area contributed by atoms with Gasteiger partial charge in [-0.15, -0.1) is 0 Å². The molecule has 126 valence electrons. The number of hydrogen-bond donors (Lipinski definition) is 3. The van der Waals surface area contributed by atoms with Crippen LogP contribution in [0, 0.1) is 17.3 Å². The van der Waals surface area contributed by atoms with E-state index in [4.69, 9.17) is 4.74 Å². The van der Waals surface area contributed by atoms with E-state index in [9.17, 15) is 15.3 Å². The number of benzene rings is 1. The van der Waals surface area contributed by atoms with Gasteiger partial charge in [-0.05, 0) is 73.3 Å². The summed E-state index contributed by atoms with van der Waals surface area (Å²) in [4.78, 5) is 0. The maximum atomic E-state index is 10.5. The highest BCUT2D eigenvalue weighted by atomic mass is 16.6. The highest BCUT2D eigenvalue weighted by Crippen LogP contribution is 2.62. The molecule has 3 N–H and O–H groups in total. The highest BCUT2D eigenvalue weighted by Gasteiger charge is 2.54. The average Bonchev–Trinajstić information content (AvgIpc) is 2.82. The zero-order valence-electron chi connectivity index (χ0n) is 13.7. The number of aryl methyl sites for hydroxylation is 1. The van der Waals surface area contributed by atoms with E-state index < -0.39 is 0 Å². The summed E-state index contributed by atoms with van der Waals surface area (Å²) in [6, 6.07) is 3.49. The van der Waals surface area contributed by atoms with Crippen molar-refractivity contribution in [3.8, 4) is 11.5 Å². The van der Waals surface area contributed by atoms with Crippen molar-refractivity contribution in [2.45, 2.75) is 57.5 Å². The smallest absolute Gasteiger partial charge is 0.186 e. The van der Waals surface area contributed by atoms with Gasteiger partial charge < -0.3 is 20.1 Å². The van der Waals surface area contributed by atoms with Crippen molar-refractivity contribution in [2.24, 2.45) is 17.3 Å². The van der Waals surface area contributed by atoms with Gasteiger partial charge in [-0.2, -0.15) is 0 Å². The molecule has 0 amide bonds. The summed E-state index contributed by atoms with van der Waals surface area (Å²) in [7, 11) is 0. The second-order valence-corrected chi connectivity index (χ2v) is 7.84. The van der Waals surface area contributed by atoms with E-state index >= 15 is 0 Å². The molecule has 0 heterocycles. The number of aliphatic hydroxyl groups excluding tert-OH is 2. The van der Waals surface area contributed by atoms with Crippen LogP contribution in [0.4, 0.5) is 0 Å². The Morgan fingerprint density at radius 3 is 2.83 bits per heavy atom. The number of aromatic hydroxyl groups is 1. The number of aliphatic hydroxyl groups is 2. The topological polar surface area (TPSA) is 69.9 Å².